The van der Waals surface area contributed by atoms with Crippen LogP contribution in [0.2, 0.25) is 16.6 Å². The molecule has 2 bridgehead atoms. The average molecular weight is 942 g/mol. The number of rotatable bonds is 14. The lowest BCUT2D eigenvalue weighted by molar-refractivity contribution is 0.0122. The van der Waals surface area contributed by atoms with Gasteiger partial charge in [-0.3, -0.25) is 4.90 Å². The van der Waals surface area contributed by atoms with Crippen molar-refractivity contribution >= 4 is 41.7 Å². The highest BCUT2D eigenvalue weighted by atomic mass is 28.3. The van der Waals surface area contributed by atoms with E-state index in [2.05, 4.69) is 68.1 Å². The van der Waals surface area contributed by atoms with Gasteiger partial charge in [-0.25, -0.2) is 18.6 Å². The number of carbonyl (C=O) groups is 1. The molecule has 2 atom stereocenters. The van der Waals surface area contributed by atoms with E-state index >= 15 is 8.78 Å². The van der Waals surface area contributed by atoms with Gasteiger partial charge in [0.1, 0.15) is 47.7 Å². The second kappa shape index (κ2) is 19.3. The number of nitrogens with zero attached hydrogens (tertiary/aromatic N) is 6. The van der Waals surface area contributed by atoms with Gasteiger partial charge in [-0.2, -0.15) is 9.97 Å². The summed E-state index contributed by atoms with van der Waals surface area (Å²) in [5.41, 5.74) is 4.14. The van der Waals surface area contributed by atoms with Crippen molar-refractivity contribution in [1.82, 2.24) is 30.1 Å². The zero-order valence-electron chi connectivity index (χ0n) is 41.3. The summed E-state index contributed by atoms with van der Waals surface area (Å²) in [5, 5.41) is 4.69. The molecule has 1 N–H and O–H groups in total. The van der Waals surface area contributed by atoms with Gasteiger partial charge in [0.15, 0.2) is 12.6 Å². The molecule has 4 fully saturated rings. The van der Waals surface area contributed by atoms with Crippen LogP contribution in [0.1, 0.15) is 93.6 Å². The van der Waals surface area contributed by atoms with Crippen LogP contribution >= 0.6 is 0 Å². The molecule has 13 nitrogen and oxygen atoms in total. The van der Waals surface area contributed by atoms with Crippen molar-refractivity contribution in [1.29, 1.82) is 0 Å². The van der Waals surface area contributed by atoms with Crippen molar-refractivity contribution in [2.24, 2.45) is 5.41 Å². The highest BCUT2D eigenvalue weighted by Gasteiger charge is 2.47. The quantitative estimate of drug-likeness (QED) is 0.0737. The zero-order valence-corrected chi connectivity index (χ0v) is 42.3. The number of ether oxygens (including phenoxy) is 5. The van der Waals surface area contributed by atoms with Crippen LogP contribution in [0.25, 0.3) is 32.9 Å². The van der Waals surface area contributed by atoms with E-state index in [1.165, 1.54) is 20.3 Å². The molecule has 4 aliphatic rings. The van der Waals surface area contributed by atoms with E-state index in [9.17, 15) is 4.79 Å². The number of amides is 1. The van der Waals surface area contributed by atoms with Crippen molar-refractivity contribution in [3.05, 3.63) is 41.5 Å². The molecule has 8 rings (SSSR count). The molecule has 2 aromatic carbocycles. The summed E-state index contributed by atoms with van der Waals surface area (Å²) in [5.74, 6) is 2.93. The first kappa shape index (κ1) is 48.6. The number of anilines is 1. The van der Waals surface area contributed by atoms with Crippen LogP contribution < -0.4 is 24.4 Å². The van der Waals surface area contributed by atoms with Gasteiger partial charge in [-0.05, 0) is 86.7 Å². The van der Waals surface area contributed by atoms with E-state index in [0.717, 1.165) is 58.4 Å². The first-order chi connectivity index (χ1) is 31.9. The summed E-state index contributed by atoms with van der Waals surface area (Å²) in [6, 6.07) is 6.18. The maximum atomic E-state index is 18.2. The Hall–Kier alpha value is -4.82. The van der Waals surface area contributed by atoms with E-state index in [4.69, 9.17) is 38.6 Å². The average Bonchev–Trinajstić information content (AvgIpc) is 3.99. The Morgan fingerprint density at radius 1 is 0.925 bits per heavy atom. The molecule has 0 radical (unpaired) electrons. The van der Waals surface area contributed by atoms with Crippen molar-refractivity contribution < 1.29 is 37.3 Å². The highest BCUT2D eigenvalue weighted by Crippen LogP contribution is 2.48. The largest absolute Gasteiger partial charge is 0.480 e. The summed E-state index contributed by atoms with van der Waals surface area (Å²) >= 11 is 0. The lowest BCUT2D eigenvalue weighted by atomic mass is 9.95. The van der Waals surface area contributed by atoms with Crippen LogP contribution in [0.4, 0.5) is 19.4 Å². The fourth-order valence-corrected chi connectivity index (χ4v) is 16.2. The van der Waals surface area contributed by atoms with Gasteiger partial charge < -0.3 is 38.8 Å². The standard InChI is InChI=1S/C51H69F2N7O6Si/c1-31(2)67(32(3)4,33(5)6)23-16-38-40(52)15-12-34-24-37(65-30-62-10)25-39(41(34)38)44-43(53)45-42(47(55-44)63-11)46(59-26-35-13-14-36(27-59)60(35)49(61)66-50(7,8)9)57-48(56-45)64-29-51(17-18-51)28-58-21-19-54-20-22-58/h12,15,24-25,31-33,35-36,54H,13-14,17-22,26-30H2,1-11H3. The molecule has 362 valence electrons. The van der Waals surface area contributed by atoms with Gasteiger partial charge in [0.25, 0.3) is 0 Å². The fourth-order valence-electron chi connectivity index (χ4n) is 11.0. The van der Waals surface area contributed by atoms with Crippen molar-refractivity contribution in [2.75, 3.05) is 78.3 Å². The van der Waals surface area contributed by atoms with Gasteiger partial charge in [-0.1, -0.05) is 53.5 Å². The third kappa shape index (κ3) is 9.76. The highest BCUT2D eigenvalue weighted by molar-refractivity contribution is 6.90. The topological polar surface area (TPSA) is 124 Å². The normalized spacial score (nSPS) is 19.6. The number of carbonyl (C=O) groups excluding carboxylic acids is 1. The minimum absolute atomic E-state index is 0.0334. The van der Waals surface area contributed by atoms with Gasteiger partial charge in [-0.15, -0.1) is 5.54 Å². The third-order valence-electron chi connectivity index (χ3n) is 14.4. The van der Waals surface area contributed by atoms with Crippen LogP contribution in [0.15, 0.2) is 24.3 Å². The summed E-state index contributed by atoms with van der Waals surface area (Å²) in [4.78, 5) is 34.7. The second-order valence-electron chi connectivity index (χ2n) is 21.0. The number of benzene rings is 2. The number of hydrogen-bond donors (Lipinski definition) is 1. The monoisotopic (exact) mass is 942 g/mol. The Kier molecular flexibility index (Phi) is 14.0. The van der Waals surface area contributed by atoms with Crippen LogP contribution in [-0.4, -0.2) is 130 Å². The molecule has 5 heterocycles. The molecular weight excluding hydrogens is 873 g/mol. The molecule has 1 amide bonds. The van der Waals surface area contributed by atoms with Crippen LogP contribution in [0, 0.1) is 28.5 Å². The summed E-state index contributed by atoms with van der Waals surface area (Å²) in [6.07, 6.45) is 3.23. The van der Waals surface area contributed by atoms with Gasteiger partial charge >= 0.3 is 12.1 Å². The molecule has 3 saturated heterocycles. The van der Waals surface area contributed by atoms with Gasteiger partial charge in [0, 0.05) is 69.3 Å². The Labute approximate surface area is 395 Å². The maximum absolute atomic E-state index is 18.2. The number of methoxy groups -OCH3 is 2. The maximum Gasteiger partial charge on any atom is 0.410 e. The first-order valence-corrected chi connectivity index (χ1v) is 26.3. The molecule has 2 unspecified atom stereocenters. The Morgan fingerprint density at radius 3 is 2.19 bits per heavy atom. The SMILES string of the molecule is COCOc1cc(-c2nc(OC)c3c(N4CC5CCC(C4)N5C(=O)OC(C)(C)C)nc(OCC4(CN5CCNCC5)CC4)nc3c2F)c2c(C#C[Si](C(C)C)(C(C)C)C(C)C)c(F)ccc2c1. The van der Waals surface area contributed by atoms with Crippen LogP contribution in [0.3, 0.4) is 0 Å². The molecule has 16 heteroatoms. The smallest absolute Gasteiger partial charge is 0.410 e. The Morgan fingerprint density at radius 2 is 1.60 bits per heavy atom. The number of aromatic nitrogens is 3. The summed E-state index contributed by atoms with van der Waals surface area (Å²) < 4.78 is 64.4. The van der Waals surface area contributed by atoms with Crippen molar-refractivity contribution in [3.8, 4) is 40.4 Å². The number of halogens is 2. The van der Waals surface area contributed by atoms with Crippen molar-refractivity contribution in [2.45, 2.75) is 122 Å². The van der Waals surface area contributed by atoms with E-state index in [1.807, 2.05) is 25.7 Å². The lowest BCUT2D eigenvalue weighted by Gasteiger charge is -2.42. The van der Waals surface area contributed by atoms with E-state index in [0.29, 0.717) is 58.7 Å². The van der Waals surface area contributed by atoms with Crippen molar-refractivity contribution in [3.63, 3.8) is 0 Å². The number of nitrogens with one attached hydrogen (secondary N) is 1. The molecule has 4 aromatic rings. The van der Waals surface area contributed by atoms with Crippen LogP contribution in [-0.2, 0) is 9.47 Å². The predicted octanol–water partition coefficient (Wildman–Crippen LogP) is 9.34. The molecule has 0 spiro atoms. The molecular formula is C51H69F2N7O6Si. The molecule has 1 aliphatic carbocycles. The third-order valence-corrected chi connectivity index (χ3v) is 20.7. The fraction of sp³-hybridized carbons (Fsp3) is 0.608. The minimum atomic E-state index is -2.34. The Balaban J connectivity index is 1.30. The lowest BCUT2D eigenvalue weighted by Crippen LogP contribution is -2.57. The van der Waals surface area contributed by atoms with E-state index in [-0.39, 0.29) is 70.0 Å². The van der Waals surface area contributed by atoms with Gasteiger partial charge in [0.05, 0.1) is 31.4 Å². The zero-order chi connectivity index (χ0) is 48.0. The second-order valence-corrected chi connectivity index (χ2v) is 26.6. The van der Waals surface area contributed by atoms with E-state index in [1.54, 1.807) is 18.2 Å². The predicted molar refractivity (Wildman–Crippen MR) is 261 cm³/mol. The minimum Gasteiger partial charge on any atom is -0.480 e. The molecule has 2 aromatic heterocycles. The molecule has 1 saturated carbocycles. The molecule has 3 aliphatic heterocycles. The number of pyridine rings is 1. The van der Waals surface area contributed by atoms with Gasteiger partial charge in [0.2, 0.25) is 5.88 Å². The van der Waals surface area contributed by atoms with Crippen LogP contribution in [0.5, 0.6) is 17.6 Å². The first-order valence-electron chi connectivity index (χ1n) is 24.1. The Bertz CT molecular complexity index is 2510. The summed E-state index contributed by atoms with van der Waals surface area (Å²) in [7, 11) is 0.658. The molecule has 67 heavy (non-hydrogen) atoms. The van der Waals surface area contributed by atoms with E-state index < -0.39 is 25.3 Å². The summed E-state index contributed by atoms with van der Waals surface area (Å²) in [6.45, 7) is 24.7. The number of hydrogen-bond acceptors (Lipinski definition) is 12. The number of piperazine rings is 2. The number of fused-ring (bicyclic) bond motifs is 4.